The Morgan fingerprint density at radius 2 is 2.06 bits per heavy atom. The summed E-state index contributed by atoms with van der Waals surface area (Å²) in [5.41, 5.74) is 3.21. The predicted molar refractivity (Wildman–Crippen MR) is 126 cm³/mol. The molecule has 1 atom stereocenters. The number of fused-ring (bicyclic) bond motifs is 1. The molecule has 10 nitrogen and oxygen atoms in total. The molecule has 11 heteroatoms. The van der Waals surface area contributed by atoms with Gasteiger partial charge in [0, 0.05) is 24.0 Å². The van der Waals surface area contributed by atoms with Gasteiger partial charge >= 0.3 is 0 Å². The molecule has 1 unspecified atom stereocenters. The molecule has 0 bridgehead atoms. The van der Waals surface area contributed by atoms with Crippen molar-refractivity contribution in [3.8, 4) is 11.4 Å². The number of carbonyl (C=O) groups excluding carboxylic acids is 1. The molecule has 1 aliphatic heterocycles. The zero-order chi connectivity index (χ0) is 24.0. The Bertz CT molecular complexity index is 1490. The van der Waals surface area contributed by atoms with Gasteiger partial charge in [0.1, 0.15) is 17.4 Å². The van der Waals surface area contributed by atoms with Crippen molar-refractivity contribution < 1.29 is 17.7 Å². The van der Waals surface area contributed by atoms with E-state index in [9.17, 15) is 13.2 Å². The van der Waals surface area contributed by atoms with Crippen LogP contribution in [-0.2, 0) is 10.0 Å². The second kappa shape index (κ2) is 8.33. The Morgan fingerprint density at radius 3 is 2.79 bits per heavy atom. The Labute approximate surface area is 196 Å². The first-order chi connectivity index (χ1) is 16.3. The predicted octanol–water partition coefficient (Wildman–Crippen LogP) is 3.43. The van der Waals surface area contributed by atoms with Gasteiger partial charge in [-0.05, 0) is 51.0 Å². The number of benzene rings is 1. The van der Waals surface area contributed by atoms with Gasteiger partial charge in [-0.1, -0.05) is 23.4 Å². The lowest BCUT2D eigenvalue weighted by Crippen LogP contribution is -2.47. The molecular formula is C23H24N6O4S. The maximum absolute atomic E-state index is 12.9. The molecule has 0 spiro atoms. The quantitative estimate of drug-likeness (QED) is 0.448. The number of pyridine rings is 1. The van der Waals surface area contributed by atoms with Gasteiger partial charge in [0.05, 0.1) is 11.4 Å². The van der Waals surface area contributed by atoms with E-state index in [1.165, 1.54) is 10.5 Å². The molecule has 176 valence electrons. The highest BCUT2D eigenvalue weighted by Gasteiger charge is 2.43. The summed E-state index contributed by atoms with van der Waals surface area (Å²) in [6.07, 6.45) is 3.94. The smallest absolute Gasteiger partial charge is 0.274 e. The van der Waals surface area contributed by atoms with E-state index in [1.54, 1.807) is 30.5 Å². The average molecular weight is 481 g/mol. The number of carbonyl (C=O) groups is 1. The van der Waals surface area contributed by atoms with Crippen LogP contribution >= 0.6 is 0 Å². The van der Waals surface area contributed by atoms with E-state index in [2.05, 4.69) is 20.4 Å². The fourth-order valence-corrected chi connectivity index (χ4v) is 5.31. The molecule has 3 aromatic heterocycles. The van der Waals surface area contributed by atoms with Crippen molar-refractivity contribution in [3.63, 3.8) is 0 Å². The number of nitrogens with one attached hydrogen (secondary N) is 1. The number of hydrogen-bond acceptors (Lipinski definition) is 7. The van der Waals surface area contributed by atoms with Crippen LogP contribution < -0.4 is 5.32 Å². The van der Waals surface area contributed by atoms with Crippen LogP contribution in [0, 0.1) is 6.92 Å². The summed E-state index contributed by atoms with van der Waals surface area (Å²) >= 11 is 0. The lowest BCUT2D eigenvalue weighted by molar-refractivity contribution is 0.102. The highest BCUT2D eigenvalue weighted by Crippen LogP contribution is 2.37. The van der Waals surface area contributed by atoms with Crippen molar-refractivity contribution >= 4 is 27.3 Å². The van der Waals surface area contributed by atoms with Crippen LogP contribution in [0.15, 0.2) is 53.3 Å². The van der Waals surface area contributed by atoms with E-state index in [0.717, 1.165) is 5.56 Å². The standard InChI is InChI=1S/C23H24N6O4S/c1-14(2)34(31,32)29-11-9-18(29)23-26-21(27-33-23)16-8-7-15(3)17(12-16)25-22(30)19-13-24-20-6-4-5-10-28(19)20/h4-8,10,12-14,18H,9,11H2,1-3H3,(H,25,30). The lowest BCUT2D eigenvalue weighted by atomic mass is 10.1. The van der Waals surface area contributed by atoms with Crippen molar-refractivity contribution in [1.82, 2.24) is 23.8 Å². The minimum Gasteiger partial charge on any atom is -0.337 e. The summed E-state index contributed by atoms with van der Waals surface area (Å²) in [6.45, 7) is 5.63. The van der Waals surface area contributed by atoms with Gasteiger partial charge in [-0.15, -0.1) is 0 Å². The first kappa shape index (κ1) is 22.2. The molecule has 4 heterocycles. The molecular weight excluding hydrogens is 456 g/mol. The number of aryl methyl sites for hydroxylation is 1. The molecule has 0 aliphatic carbocycles. The van der Waals surface area contributed by atoms with Crippen LogP contribution in [0.3, 0.4) is 0 Å². The SMILES string of the molecule is Cc1ccc(-c2noc(C3CCN3S(=O)(=O)C(C)C)n2)cc1NC(=O)c1cnc2ccccn12. The Balaban J connectivity index is 1.38. The normalized spacial score (nSPS) is 16.6. The number of nitrogens with zero attached hydrogens (tertiary/aromatic N) is 5. The largest absolute Gasteiger partial charge is 0.337 e. The first-order valence-electron chi connectivity index (χ1n) is 10.9. The van der Waals surface area contributed by atoms with Crippen molar-refractivity contribution in [3.05, 3.63) is 65.9 Å². The molecule has 0 saturated carbocycles. The number of anilines is 1. The highest BCUT2D eigenvalue weighted by atomic mass is 32.2. The van der Waals surface area contributed by atoms with Crippen LogP contribution in [-0.4, -0.2) is 50.0 Å². The van der Waals surface area contributed by atoms with Gasteiger partial charge in [0.15, 0.2) is 0 Å². The summed E-state index contributed by atoms with van der Waals surface area (Å²) in [4.78, 5) is 21.6. The van der Waals surface area contributed by atoms with E-state index in [4.69, 9.17) is 4.52 Å². The first-order valence-corrected chi connectivity index (χ1v) is 12.4. The summed E-state index contributed by atoms with van der Waals surface area (Å²) in [5, 5.41) is 6.47. The number of amides is 1. The molecule has 1 aromatic carbocycles. The molecule has 5 rings (SSSR count). The average Bonchev–Trinajstić information content (AvgIpc) is 3.41. The Kier molecular flexibility index (Phi) is 5.45. The minimum atomic E-state index is -3.40. The number of rotatable bonds is 6. The van der Waals surface area contributed by atoms with Gasteiger partial charge in [-0.3, -0.25) is 9.20 Å². The van der Waals surface area contributed by atoms with Crippen LogP contribution in [0.25, 0.3) is 17.0 Å². The van der Waals surface area contributed by atoms with Crippen molar-refractivity contribution in [2.45, 2.75) is 38.5 Å². The van der Waals surface area contributed by atoms with E-state index in [0.29, 0.717) is 41.4 Å². The van der Waals surface area contributed by atoms with Gasteiger partial charge in [0.25, 0.3) is 5.91 Å². The third kappa shape index (κ3) is 3.76. The molecule has 0 radical (unpaired) electrons. The summed E-state index contributed by atoms with van der Waals surface area (Å²) in [7, 11) is -3.40. The van der Waals surface area contributed by atoms with Crippen LogP contribution in [0.1, 0.15) is 48.3 Å². The summed E-state index contributed by atoms with van der Waals surface area (Å²) in [6, 6.07) is 10.5. The van der Waals surface area contributed by atoms with Gasteiger partial charge in [0.2, 0.25) is 21.7 Å². The van der Waals surface area contributed by atoms with E-state index >= 15 is 0 Å². The van der Waals surface area contributed by atoms with Crippen LogP contribution in [0.5, 0.6) is 0 Å². The third-order valence-electron chi connectivity index (χ3n) is 6.01. The zero-order valence-corrected chi connectivity index (χ0v) is 19.8. The van der Waals surface area contributed by atoms with Crippen molar-refractivity contribution in [1.29, 1.82) is 0 Å². The van der Waals surface area contributed by atoms with Crippen molar-refractivity contribution in [2.24, 2.45) is 0 Å². The lowest BCUT2D eigenvalue weighted by Gasteiger charge is -2.38. The summed E-state index contributed by atoms with van der Waals surface area (Å²) in [5.74, 6) is 0.299. The molecule has 4 aromatic rings. The fraction of sp³-hybridized carbons (Fsp3) is 0.304. The van der Waals surface area contributed by atoms with Crippen LogP contribution in [0.4, 0.5) is 5.69 Å². The van der Waals surface area contributed by atoms with Crippen LogP contribution in [0.2, 0.25) is 0 Å². The third-order valence-corrected chi connectivity index (χ3v) is 8.30. The van der Waals surface area contributed by atoms with E-state index in [1.807, 2.05) is 37.3 Å². The molecule has 1 N–H and O–H groups in total. The maximum atomic E-state index is 12.9. The number of hydrogen-bond donors (Lipinski definition) is 1. The van der Waals surface area contributed by atoms with E-state index < -0.39 is 21.3 Å². The molecule has 1 saturated heterocycles. The number of sulfonamides is 1. The fourth-order valence-electron chi connectivity index (χ4n) is 3.86. The number of imidazole rings is 1. The highest BCUT2D eigenvalue weighted by molar-refractivity contribution is 7.89. The Morgan fingerprint density at radius 1 is 1.24 bits per heavy atom. The zero-order valence-electron chi connectivity index (χ0n) is 19.0. The maximum Gasteiger partial charge on any atom is 0.274 e. The molecule has 1 fully saturated rings. The van der Waals surface area contributed by atoms with E-state index in [-0.39, 0.29) is 11.8 Å². The van der Waals surface area contributed by atoms with Crippen molar-refractivity contribution in [2.75, 3.05) is 11.9 Å². The Hall–Kier alpha value is -3.57. The summed E-state index contributed by atoms with van der Waals surface area (Å²) < 4.78 is 33.6. The van der Waals surface area contributed by atoms with Gasteiger partial charge < -0.3 is 9.84 Å². The number of aromatic nitrogens is 4. The minimum absolute atomic E-state index is 0.266. The molecule has 34 heavy (non-hydrogen) atoms. The van der Waals surface area contributed by atoms with Gasteiger partial charge in [-0.25, -0.2) is 13.4 Å². The molecule has 1 aliphatic rings. The second-order valence-corrected chi connectivity index (χ2v) is 11.0. The molecule has 1 amide bonds. The van der Waals surface area contributed by atoms with Gasteiger partial charge in [-0.2, -0.15) is 9.29 Å². The topological polar surface area (TPSA) is 123 Å². The second-order valence-electron chi connectivity index (χ2n) is 8.52. The monoisotopic (exact) mass is 480 g/mol.